The fourth-order valence-corrected chi connectivity index (χ4v) is 4.23. The highest BCUT2D eigenvalue weighted by atomic mass is 35.5. The zero-order valence-electron chi connectivity index (χ0n) is 18.6. The number of hydrogen-bond donors (Lipinski definition) is 1. The molecular formula is C23H19ClN6O4S. The largest absolute Gasteiger partial charge is 0.452 e. The van der Waals surface area contributed by atoms with Crippen LogP contribution in [0.5, 0.6) is 23.0 Å². The predicted octanol–water partition coefficient (Wildman–Crippen LogP) is 4.79. The molecule has 0 unspecified atom stereocenters. The number of rotatable bonds is 7. The lowest BCUT2D eigenvalue weighted by molar-refractivity contribution is 0.417. The normalized spacial score (nSPS) is 11.6. The molecule has 4 heterocycles. The van der Waals surface area contributed by atoms with Gasteiger partial charge in [-0.25, -0.2) is 23.4 Å². The van der Waals surface area contributed by atoms with Crippen molar-refractivity contribution >= 4 is 32.5 Å². The van der Waals surface area contributed by atoms with Crippen LogP contribution in [0.3, 0.4) is 0 Å². The summed E-state index contributed by atoms with van der Waals surface area (Å²) in [5, 5.41) is 4.55. The van der Waals surface area contributed by atoms with Crippen LogP contribution in [0.4, 0.5) is 0 Å². The van der Waals surface area contributed by atoms with Gasteiger partial charge in [0.05, 0.1) is 23.0 Å². The minimum absolute atomic E-state index is 0.0185. The number of imidazole rings is 1. The van der Waals surface area contributed by atoms with E-state index in [1.165, 1.54) is 18.3 Å². The third kappa shape index (κ3) is 4.68. The van der Waals surface area contributed by atoms with E-state index < -0.39 is 9.84 Å². The first-order valence-corrected chi connectivity index (χ1v) is 12.5. The number of aromatic nitrogens is 6. The van der Waals surface area contributed by atoms with Gasteiger partial charge in [0.25, 0.3) is 0 Å². The number of hydrogen-bond acceptors (Lipinski definition) is 8. The molecule has 0 aliphatic carbocycles. The summed E-state index contributed by atoms with van der Waals surface area (Å²) < 4.78 is 37.9. The Bertz CT molecular complexity index is 1630. The molecule has 0 radical (unpaired) electrons. The van der Waals surface area contributed by atoms with E-state index in [4.69, 9.17) is 21.1 Å². The Balaban J connectivity index is 1.56. The van der Waals surface area contributed by atoms with Crippen LogP contribution in [-0.2, 0) is 16.9 Å². The minimum atomic E-state index is -3.43. The molecule has 0 aliphatic heterocycles. The molecule has 0 saturated heterocycles. The summed E-state index contributed by atoms with van der Waals surface area (Å²) in [6.45, 7) is 1.56. The van der Waals surface area contributed by atoms with Crippen molar-refractivity contribution in [3.8, 4) is 34.5 Å². The second-order valence-corrected chi connectivity index (χ2v) is 10.1. The van der Waals surface area contributed by atoms with Crippen molar-refractivity contribution in [2.45, 2.75) is 11.9 Å². The van der Waals surface area contributed by atoms with E-state index in [-0.39, 0.29) is 15.9 Å². The Morgan fingerprint density at radius 2 is 1.89 bits per heavy atom. The van der Waals surface area contributed by atoms with Gasteiger partial charge in [-0.3, -0.25) is 4.68 Å². The highest BCUT2D eigenvalue weighted by Crippen LogP contribution is 2.39. The van der Waals surface area contributed by atoms with Gasteiger partial charge in [-0.1, -0.05) is 18.5 Å². The van der Waals surface area contributed by atoms with Crippen molar-refractivity contribution in [3.05, 3.63) is 66.2 Å². The van der Waals surface area contributed by atoms with Crippen LogP contribution in [0.2, 0.25) is 5.15 Å². The highest BCUT2D eigenvalue weighted by Gasteiger charge is 2.17. The Morgan fingerprint density at radius 3 is 2.57 bits per heavy atom. The molecule has 4 aromatic heterocycles. The molecule has 0 aliphatic rings. The van der Waals surface area contributed by atoms with Gasteiger partial charge in [0.1, 0.15) is 11.4 Å². The second kappa shape index (κ2) is 9.01. The molecule has 35 heavy (non-hydrogen) atoms. The number of benzene rings is 1. The van der Waals surface area contributed by atoms with Crippen LogP contribution in [0.15, 0.2) is 66.1 Å². The van der Waals surface area contributed by atoms with Gasteiger partial charge < -0.3 is 14.5 Å². The topological polar surface area (TPSA) is 125 Å². The fourth-order valence-electron chi connectivity index (χ4n) is 3.29. The van der Waals surface area contributed by atoms with Gasteiger partial charge in [-0.05, 0) is 30.3 Å². The summed E-state index contributed by atoms with van der Waals surface area (Å²) in [6.07, 6.45) is 4.73. The lowest BCUT2D eigenvalue weighted by atomic mass is 10.2. The number of nitrogens with one attached hydrogen (secondary N) is 1. The standard InChI is InChI=1S/C23H19ClN6O4S/c1-3-35(31,32)21-7-6-14(13-26-21)33-19-11-16-17(28-23(27-16)15-8-10-30(2)29-15)12-20(19)34-18-5-4-9-25-22(18)24/h4-13H,3H2,1-2H3,(H,27,28). The zero-order chi connectivity index (χ0) is 24.6. The number of nitrogens with zero attached hydrogens (tertiary/aromatic N) is 5. The average Bonchev–Trinajstić information content (AvgIpc) is 3.46. The fraction of sp³-hybridized carbons (Fsp3) is 0.130. The maximum atomic E-state index is 12.1. The van der Waals surface area contributed by atoms with E-state index in [0.717, 1.165) is 0 Å². The maximum Gasteiger partial charge on any atom is 0.195 e. The number of sulfone groups is 1. The molecule has 10 nitrogen and oxygen atoms in total. The Hall–Kier alpha value is -3.96. The SMILES string of the molecule is CCS(=O)(=O)c1ccc(Oc2cc3[nH]c(-c4ccn(C)n4)nc3cc2Oc2cccnc2Cl)cn1. The monoisotopic (exact) mass is 510 g/mol. The van der Waals surface area contributed by atoms with Crippen LogP contribution < -0.4 is 9.47 Å². The summed E-state index contributed by atoms with van der Waals surface area (Å²) >= 11 is 6.19. The van der Waals surface area contributed by atoms with Crippen molar-refractivity contribution in [1.82, 2.24) is 29.7 Å². The van der Waals surface area contributed by atoms with Crippen molar-refractivity contribution in [2.24, 2.45) is 7.05 Å². The molecule has 0 bridgehead atoms. The molecule has 12 heteroatoms. The molecule has 0 fully saturated rings. The number of fused-ring (bicyclic) bond motifs is 1. The maximum absolute atomic E-state index is 12.1. The molecule has 0 amide bonds. The van der Waals surface area contributed by atoms with Crippen molar-refractivity contribution in [2.75, 3.05) is 5.75 Å². The Morgan fingerprint density at radius 1 is 1.06 bits per heavy atom. The minimum Gasteiger partial charge on any atom is -0.452 e. The Labute approximate surface area is 205 Å². The second-order valence-electron chi connectivity index (χ2n) is 7.51. The number of aryl methyl sites for hydroxylation is 1. The molecule has 178 valence electrons. The summed E-state index contributed by atoms with van der Waals surface area (Å²) in [5.74, 6) is 1.86. The first-order chi connectivity index (χ1) is 16.8. The van der Waals surface area contributed by atoms with Gasteiger partial charge in [0.15, 0.2) is 43.1 Å². The summed E-state index contributed by atoms with van der Waals surface area (Å²) in [4.78, 5) is 15.9. The summed E-state index contributed by atoms with van der Waals surface area (Å²) in [7, 11) is -1.60. The molecule has 1 aromatic carbocycles. The molecule has 0 saturated carbocycles. The Kier molecular flexibility index (Phi) is 5.87. The number of ether oxygens (including phenoxy) is 2. The smallest absolute Gasteiger partial charge is 0.195 e. The van der Waals surface area contributed by atoms with E-state index in [0.29, 0.717) is 45.5 Å². The van der Waals surface area contributed by atoms with Crippen LogP contribution >= 0.6 is 11.6 Å². The number of halogens is 1. The van der Waals surface area contributed by atoms with E-state index in [2.05, 4.69) is 25.0 Å². The van der Waals surface area contributed by atoms with Gasteiger partial charge in [0.2, 0.25) is 0 Å². The van der Waals surface area contributed by atoms with Crippen LogP contribution in [0.25, 0.3) is 22.6 Å². The third-order valence-electron chi connectivity index (χ3n) is 5.08. The van der Waals surface area contributed by atoms with E-state index >= 15 is 0 Å². The summed E-state index contributed by atoms with van der Waals surface area (Å²) in [5.41, 5.74) is 1.99. The molecule has 0 atom stereocenters. The predicted molar refractivity (Wildman–Crippen MR) is 130 cm³/mol. The number of aromatic amines is 1. The first kappa shape index (κ1) is 22.8. The molecule has 0 spiro atoms. The van der Waals surface area contributed by atoms with E-state index in [1.807, 2.05) is 19.3 Å². The molecular weight excluding hydrogens is 492 g/mol. The molecule has 5 rings (SSSR count). The zero-order valence-corrected chi connectivity index (χ0v) is 20.2. The van der Waals surface area contributed by atoms with Crippen molar-refractivity contribution < 1.29 is 17.9 Å². The molecule has 5 aromatic rings. The first-order valence-electron chi connectivity index (χ1n) is 10.5. The van der Waals surface area contributed by atoms with Gasteiger partial charge in [-0.2, -0.15) is 5.10 Å². The van der Waals surface area contributed by atoms with Crippen LogP contribution in [-0.4, -0.2) is 43.9 Å². The van der Waals surface area contributed by atoms with E-state index in [9.17, 15) is 8.42 Å². The van der Waals surface area contributed by atoms with Crippen LogP contribution in [0.1, 0.15) is 6.92 Å². The molecule has 1 N–H and O–H groups in total. The van der Waals surface area contributed by atoms with Crippen molar-refractivity contribution in [1.29, 1.82) is 0 Å². The number of H-pyrrole nitrogens is 1. The number of pyridine rings is 2. The lowest BCUT2D eigenvalue weighted by Gasteiger charge is -2.13. The van der Waals surface area contributed by atoms with Gasteiger partial charge >= 0.3 is 0 Å². The lowest BCUT2D eigenvalue weighted by Crippen LogP contribution is -2.05. The third-order valence-corrected chi connectivity index (χ3v) is 7.01. The highest BCUT2D eigenvalue weighted by molar-refractivity contribution is 7.91. The van der Waals surface area contributed by atoms with Gasteiger partial charge in [-0.15, -0.1) is 0 Å². The van der Waals surface area contributed by atoms with E-state index in [1.54, 1.807) is 42.1 Å². The quantitative estimate of drug-likeness (QED) is 0.310. The van der Waals surface area contributed by atoms with Crippen molar-refractivity contribution in [3.63, 3.8) is 0 Å². The van der Waals surface area contributed by atoms with Crippen LogP contribution in [0, 0.1) is 0 Å². The van der Waals surface area contributed by atoms with Gasteiger partial charge in [0, 0.05) is 31.6 Å². The average molecular weight is 511 g/mol. The summed E-state index contributed by atoms with van der Waals surface area (Å²) in [6, 6.07) is 11.6.